The third kappa shape index (κ3) is 3.55. The Bertz CT molecular complexity index is 582. The number of ether oxygens (including phenoxy) is 1. The molecule has 0 fully saturated rings. The van der Waals surface area contributed by atoms with Crippen molar-refractivity contribution in [2.24, 2.45) is 0 Å². The second kappa shape index (κ2) is 6.68. The molecule has 20 heavy (non-hydrogen) atoms. The van der Waals surface area contributed by atoms with Crippen molar-refractivity contribution in [3.8, 4) is 0 Å². The second-order valence-electron chi connectivity index (χ2n) is 4.36. The summed E-state index contributed by atoms with van der Waals surface area (Å²) < 4.78 is 5.13. The van der Waals surface area contributed by atoms with E-state index in [0.29, 0.717) is 24.5 Å². The van der Waals surface area contributed by atoms with E-state index in [1.165, 1.54) is 6.20 Å². The number of amides is 1. The predicted molar refractivity (Wildman–Crippen MR) is 77.0 cm³/mol. The van der Waals surface area contributed by atoms with Crippen LogP contribution in [0, 0.1) is 0 Å². The number of nitrogens with one attached hydrogen (secondary N) is 1. The van der Waals surface area contributed by atoms with E-state index in [4.69, 9.17) is 10.5 Å². The number of nitrogens with two attached hydrogens (primary N) is 1. The molecule has 0 spiro atoms. The number of aromatic nitrogens is 1. The number of pyridine rings is 1. The maximum absolute atomic E-state index is 12.0. The summed E-state index contributed by atoms with van der Waals surface area (Å²) in [6.07, 6.45) is 1.47. The summed E-state index contributed by atoms with van der Waals surface area (Å²) in [5.41, 5.74) is 8.50. The van der Waals surface area contributed by atoms with Crippen molar-refractivity contribution in [2.75, 3.05) is 12.8 Å². The maximum Gasteiger partial charge on any atom is 0.270 e. The molecule has 2 aromatic rings. The average Bonchev–Trinajstić information content (AvgIpc) is 2.47. The van der Waals surface area contributed by atoms with Gasteiger partial charge in [-0.3, -0.25) is 4.79 Å². The minimum atomic E-state index is -0.225. The third-order valence-electron chi connectivity index (χ3n) is 2.88. The SMILES string of the molecule is COCc1ccccc1CNC(=O)c1ccc(N)cn1. The van der Waals surface area contributed by atoms with Crippen LogP contribution >= 0.6 is 0 Å². The van der Waals surface area contributed by atoms with Crippen molar-refractivity contribution in [1.82, 2.24) is 10.3 Å². The van der Waals surface area contributed by atoms with Crippen molar-refractivity contribution in [3.05, 3.63) is 59.4 Å². The lowest BCUT2D eigenvalue weighted by molar-refractivity contribution is 0.0945. The average molecular weight is 271 g/mol. The first-order valence-electron chi connectivity index (χ1n) is 6.26. The summed E-state index contributed by atoms with van der Waals surface area (Å²) in [4.78, 5) is 15.9. The van der Waals surface area contributed by atoms with Crippen molar-refractivity contribution in [2.45, 2.75) is 13.2 Å². The molecular weight excluding hydrogens is 254 g/mol. The fourth-order valence-corrected chi connectivity index (χ4v) is 1.83. The largest absolute Gasteiger partial charge is 0.397 e. The minimum Gasteiger partial charge on any atom is -0.397 e. The Labute approximate surface area is 117 Å². The van der Waals surface area contributed by atoms with Gasteiger partial charge in [0.05, 0.1) is 18.5 Å². The minimum absolute atomic E-state index is 0.225. The molecule has 3 N–H and O–H groups in total. The molecule has 1 heterocycles. The van der Waals surface area contributed by atoms with Gasteiger partial charge < -0.3 is 15.8 Å². The molecule has 0 aliphatic carbocycles. The highest BCUT2D eigenvalue weighted by Crippen LogP contribution is 2.10. The second-order valence-corrected chi connectivity index (χ2v) is 4.36. The summed E-state index contributed by atoms with van der Waals surface area (Å²) in [5.74, 6) is -0.225. The van der Waals surface area contributed by atoms with Gasteiger partial charge in [-0.05, 0) is 23.3 Å². The van der Waals surface area contributed by atoms with Crippen LogP contribution < -0.4 is 11.1 Å². The zero-order valence-electron chi connectivity index (χ0n) is 11.3. The molecule has 0 atom stereocenters. The van der Waals surface area contributed by atoms with E-state index < -0.39 is 0 Å². The summed E-state index contributed by atoms with van der Waals surface area (Å²) in [6, 6.07) is 11.1. The predicted octanol–water partition coefficient (Wildman–Crippen LogP) is 1.74. The number of carbonyl (C=O) groups excluding carboxylic acids is 1. The number of hydrogen-bond donors (Lipinski definition) is 2. The Balaban J connectivity index is 2.01. The van der Waals surface area contributed by atoms with Gasteiger partial charge in [0.1, 0.15) is 5.69 Å². The Hall–Kier alpha value is -2.40. The van der Waals surface area contributed by atoms with Gasteiger partial charge in [0.15, 0.2) is 0 Å². The fraction of sp³-hybridized carbons (Fsp3) is 0.200. The van der Waals surface area contributed by atoms with Crippen LogP contribution in [0.5, 0.6) is 0 Å². The first-order chi connectivity index (χ1) is 9.70. The molecule has 0 unspecified atom stereocenters. The van der Waals surface area contributed by atoms with E-state index in [2.05, 4.69) is 10.3 Å². The van der Waals surface area contributed by atoms with Crippen molar-refractivity contribution < 1.29 is 9.53 Å². The summed E-state index contributed by atoms with van der Waals surface area (Å²) in [6.45, 7) is 0.955. The molecule has 0 aliphatic rings. The first-order valence-corrected chi connectivity index (χ1v) is 6.26. The molecule has 0 radical (unpaired) electrons. The number of benzene rings is 1. The van der Waals surface area contributed by atoms with Gasteiger partial charge in [0.2, 0.25) is 0 Å². The fourth-order valence-electron chi connectivity index (χ4n) is 1.83. The Kier molecular flexibility index (Phi) is 4.68. The van der Waals surface area contributed by atoms with E-state index in [-0.39, 0.29) is 5.91 Å². The Morgan fingerprint density at radius 3 is 2.65 bits per heavy atom. The van der Waals surface area contributed by atoms with E-state index in [9.17, 15) is 4.79 Å². The molecular formula is C15H17N3O2. The van der Waals surface area contributed by atoms with Crippen LogP contribution in [0.1, 0.15) is 21.6 Å². The number of rotatable bonds is 5. The van der Waals surface area contributed by atoms with Gasteiger partial charge in [-0.1, -0.05) is 24.3 Å². The van der Waals surface area contributed by atoms with E-state index in [1.54, 1.807) is 19.2 Å². The first kappa shape index (κ1) is 14.0. The van der Waals surface area contributed by atoms with Gasteiger partial charge in [-0.15, -0.1) is 0 Å². The lowest BCUT2D eigenvalue weighted by Gasteiger charge is -2.10. The molecule has 5 heteroatoms. The van der Waals surface area contributed by atoms with Crippen molar-refractivity contribution in [1.29, 1.82) is 0 Å². The van der Waals surface area contributed by atoms with E-state index >= 15 is 0 Å². The molecule has 104 valence electrons. The number of nitrogen functional groups attached to an aromatic ring is 1. The van der Waals surface area contributed by atoms with Gasteiger partial charge in [0.25, 0.3) is 5.91 Å². The number of carbonyl (C=O) groups is 1. The monoisotopic (exact) mass is 271 g/mol. The molecule has 0 saturated carbocycles. The van der Waals surface area contributed by atoms with Crippen LogP contribution in [-0.2, 0) is 17.9 Å². The van der Waals surface area contributed by atoms with Crippen LogP contribution in [0.15, 0.2) is 42.6 Å². The van der Waals surface area contributed by atoms with E-state index in [0.717, 1.165) is 11.1 Å². The molecule has 5 nitrogen and oxygen atoms in total. The molecule has 2 rings (SSSR count). The highest BCUT2D eigenvalue weighted by Gasteiger charge is 2.08. The number of nitrogens with zero attached hydrogens (tertiary/aromatic N) is 1. The molecule has 0 aliphatic heterocycles. The lowest BCUT2D eigenvalue weighted by atomic mass is 10.1. The van der Waals surface area contributed by atoms with Gasteiger partial charge in [-0.25, -0.2) is 4.98 Å². The molecule has 1 amide bonds. The molecule has 1 aromatic carbocycles. The lowest BCUT2D eigenvalue weighted by Crippen LogP contribution is -2.24. The zero-order valence-corrected chi connectivity index (χ0v) is 11.3. The summed E-state index contributed by atoms with van der Waals surface area (Å²) in [5, 5.41) is 2.84. The van der Waals surface area contributed by atoms with Crippen molar-refractivity contribution >= 4 is 11.6 Å². The molecule has 0 bridgehead atoms. The molecule has 0 saturated heterocycles. The topological polar surface area (TPSA) is 77.2 Å². The quantitative estimate of drug-likeness (QED) is 0.868. The van der Waals surface area contributed by atoms with Gasteiger partial charge >= 0.3 is 0 Å². The van der Waals surface area contributed by atoms with Gasteiger partial charge in [0, 0.05) is 13.7 Å². The van der Waals surface area contributed by atoms with Crippen LogP contribution in [-0.4, -0.2) is 18.0 Å². The highest BCUT2D eigenvalue weighted by atomic mass is 16.5. The van der Waals surface area contributed by atoms with E-state index in [1.807, 2.05) is 24.3 Å². The molecule has 1 aromatic heterocycles. The summed E-state index contributed by atoms with van der Waals surface area (Å²) in [7, 11) is 1.65. The summed E-state index contributed by atoms with van der Waals surface area (Å²) >= 11 is 0. The maximum atomic E-state index is 12.0. The standard InChI is InChI=1S/C15H17N3O2/c1-20-10-12-5-3-2-4-11(12)8-18-15(19)14-7-6-13(16)9-17-14/h2-7,9H,8,10,16H2,1H3,(H,18,19). The highest BCUT2D eigenvalue weighted by molar-refractivity contribution is 5.92. The third-order valence-corrected chi connectivity index (χ3v) is 2.88. The van der Waals surface area contributed by atoms with Crippen LogP contribution in [0.25, 0.3) is 0 Å². The normalized spacial score (nSPS) is 10.2. The number of anilines is 1. The smallest absolute Gasteiger partial charge is 0.270 e. The van der Waals surface area contributed by atoms with Crippen molar-refractivity contribution in [3.63, 3.8) is 0 Å². The van der Waals surface area contributed by atoms with Crippen LogP contribution in [0.2, 0.25) is 0 Å². The van der Waals surface area contributed by atoms with Crippen LogP contribution in [0.3, 0.4) is 0 Å². The Morgan fingerprint density at radius 1 is 1.25 bits per heavy atom. The van der Waals surface area contributed by atoms with Crippen LogP contribution in [0.4, 0.5) is 5.69 Å². The Morgan fingerprint density at radius 2 is 2.00 bits per heavy atom. The number of methoxy groups -OCH3 is 1. The zero-order chi connectivity index (χ0) is 14.4. The number of hydrogen-bond acceptors (Lipinski definition) is 4. The van der Waals surface area contributed by atoms with Gasteiger partial charge in [-0.2, -0.15) is 0 Å².